The number of para-hydroxylation sites is 1. The standard InChI is InChI=1S/C52H35NO/c1-4-14-36(15-5-1)38-26-28-40(29-27-38)42-18-12-21-44(34-42)53(43-19-8-3-9-20-43)49-35-48-51-45(41-32-30-39(31-33-41)37-16-6-2-7-17-37)24-13-25-50(51)54-52(48)47-23-11-10-22-46(47)49/h1-35H. The van der Waals surface area contributed by atoms with E-state index in [2.05, 4.69) is 217 Å². The van der Waals surface area contributed by atoms with E-state index in [0.29, 0.717) is 0 Å². The van der Waals surface area contributed by atoms with Gasteiger partial charge in [0, 0.05) is 32.9 Å². The Morgan fingerprint density at radius 3 is 1.44 bits per heavy atom. The first-order valence-electron chi connectivity index (χ1n) is 18.4. The van der Waals surface area contributed by atoms with E-state index in [1.54, 1.807) is 0 Å². The number of fused-ring (bicyclic) bond motifs is 5. The molecule has 0 amide bonds. The molecular formula is C52H35NO. The van der Waals surface area contributed by atoms with Crippen LogP contribution in [-0.4, -0.2) is 0 Å². The SMILES string of the molecule is c1ccc(-c2ccc(-c3cccc(N(c4ccccc4)c4cc5c(oc6cccc(-c7ccc(-c8ccccc8)cc7)c65)c5ccccc45)c3)cc2)cc1. The molecule has 1 aromatic heterocycles. The average molecular weight is 690 g/mol. The van der Waals surface area contributed by atoms with Crippen molar-refractivity contribution in [2.24, 2.45) is 0 Å². The molecule has 0 spiro atoms. The van der Waals surface area contributed by atoms with Crippen molar-refractivity contribution in [2.45, 2.75) is 0 Å². The fourth-order valence-electron chi connectivity index (χ4n) is 7.84. The summed E-state index contributed by atoms with van der Waals surface area (Å²) in [4.78, 5) is 2.39. The van der Waals surface area contributed by atoms with Crippen LogP contribution in [0.5, 0.6) is 0 Å². The lowest BCUT2D eigenvalue weighted by atomic mass is 9.95. The number of rotatable bonds is 7. The number of anilines is 3. The highest BCUT2D eigenvalue weighted by atomic mass is 16.3. The summed E-state index contributed by atoms with van der Waals surface area (Å²) in [5.41, 5.74) is 14.5. The van der Waals surface area contributed by atoms with Crippen LogP contribution >= 0.6 is 0 Å². The minimum atomic E-state index is 0.879. The summed E-state index contributed by atoms with van der Waals surface area (Å²) in [5.74, 6) is 0. The summed E-state index contributed by atoms with van der Waals surface area (Å²) in [7, 11) is 0. The van der Waals surface area contributed by atoms with E-state index in [9.17, 15) is 0 Å². The Kier molecular flexibility index (Phi) is 7.85. The third kappa shape index (κ3) is 5.62. The Balaban J connectivity index is 1.15. The Labute approximate surface area is 314 Å². The molecule has 0 fully saturated rings. The van der Waals surface area contributed by atoms with Crippen molar-refractivity contribution in [1.82, 2.24) is 0 Å². The van der Waals surface area contributed by atoms with E-state index in [4.69, 9.17) is 4.42 Å². The fraction of sp³-hybridized carbons (Fsp3) is 0. The molecule has 9 aromatic carbocycles. The van der Waals surface area contributed by atoms with Crippen molar-refractivity contribution in [2.75, 3.05) is 4.90 Å². The lowest BCUT2D eigenvalue weighted by Gasteiger charge is -2.27. The van der Waals surface area contributed by atoms with Crippen LogP contribution < -0.4 is 4.90 Å². The first-order valence-corrected chi connectivity index (χ1v) is 18.4. The zero-order valence-corrected chi connectivity index (χ0v) is 29.6. The van der Waals surface area contributed by atoms with Crippen molar-refractivity contribution < 1.29 is 4.42 Å². The summed E-state index contributed by atoms with van der Waals surface area (Å²) in [5, 5.41) is 4.42. The molecule has 0 saturated heterocycles. The second-order valence-electron chi connectivity index (χ2n) is 13.7. The van der Waals surface area contributed by atoms with Gasteiger partial charge in [-0.25, -0.2) is 0 Å². The average Bonchev–Trinajstić information content (AvgIpc) is 3.64. The summed E-state index contributed by atoms with van der Waals surface area (Å²) < 4.78 is 6.77. The van der Waals surface area contributed by atoms with Crippen LogP contribution in [0.3, 0.4) is 0 Å². The fourth-order valence-corrected chi connectivity index (χ4v) is 7.84. The predicted molar refractivity (Wildman–Crippen MR) is 228 cm³/mol. The normalized spacial score (nSPS) is 11.3. The second kappa shape index (κ2) is 13.4. The molecule has 0 unspecified atom stereocenters. The molecule has 54 heavy (non-hydrogen) atoms. The summed E-state index contributed by atoms with van der Waals surface area (Å²) in [6.45, 7) is 0. The topological polar surface area (TPSA) is 16.4 Å². The van der Waals surface area contributed by atoms with Crippen molar-refractivity contribution in [3.63, 3.8) is 0 Å². The molecule has 1 heterocycles. The van der Waals surface area contributed by atoms with Gasteiger partial charge in [0.1, 0.15) is 11.2 Å². The summed E-state index contributed by atoms with van der Waals surface area (Å²) in [6, 6.07) is 75.7. The van der Waals surface area contributed by atoms with E-state index < -0.39 is 0 Å². The lowest BCUT2D eigenvalue weighted by Crippen LogP contribution is -2.10. The molecule has 2 nitrogen and oxygen atoms in total. The van der Waals surface area contributed by atoms with Crippen LogP contribution in [0, 0.1) is 0 Å². The summed E-state index contributed by atoms with van der Waals surface area (Å²) >= 11 is 0. The second-order valence-corrected chi connectivity index (χ2v) is 13.7. The van der Waals surface area contributed by atoms with Crippen LogP contribution in [-0.2, 0) is 0 Å². The van der Waals surface area contributed by atoms with E-state index in [1.807, 2.05) is 0 Å². The van der Waals surface area contributed by atoms with E-state index in [0.717, 1.165) is 66.5 Å². The predicted octanol–water partition coefficient (Wildman–Crippen LogP) is 14.9. The third-order valence-electron chi connectivity index (χ3n) is 10.5. The van der Waals surface area contributed by atoms with Crippen LogP contribution in [0.4, 0.5) is 17.1 Å². The molecule has 0 aliphatic rings. The third-order valence-corrected chi connectivity index (χ3v) is 10.5. The van der Waals surface area contributed by atoms with Crippen LogP contribution in [0.15, 0.2) is 217 Å². The first kappa shape index (κ1) is 31.6. The van der Waals surface area contributed by atoms with Gasteiger partial charge in [-0.1, -0.05) is 176 Å². The largest absolute Gasteiger partial charge is 0.455 e. The maximum absolute atomic E-state index is 6.77. The van der Waals surface area contributed by atoms with Crippen molar-refractivity contribution in [3.8, 4) is 44.5 Å². The molecular weight excluding hydrogens is 655 g/mol. The number of nitrogens with zero attached hydrogens (tertiary/aromatic N) is 1. The maximum atomic E-state index is 6.77. The van der Waals surface area contributed by atoms with Gasteiger partial charge in [0.05, 0.1) is 5.69 Å². The molecule has 10 rings (SSSR count). The zero-order chi connectivity index (χ0) is 35.8. The van der Waals surface area contributed by atoms with Gasteiger partial charge in [-0.3, -0.25) is 0 Å². The quantitative estimate of drug-likeness (QED) is 0.166. The maximum Gasteiger partial charge on any atom is 0.143 e. The summed E-state index contributed by atoms with van der Waals surface area (Å²) in [6.07, 6.45) is 0. The molecule has 0 bridgehead atoms. The zero-order valence-electron chi connectivity index (χ0n) is 29.6. The molecule has 254 valence electrons. The Hall–Kier alpha value is -7.16. The minimum absolute atomic E-state index is 0.879. The highest BCUT2D eigenvalue weighted by Crippen LogP contribution is 2.46. The lowest BCUT2D eigenvalue weighted by molar-refractivity contribution is 0.673. The van der Waals surface area contributed by atoms with Crippen molar-refractivity contribution in [1.29, 1.82) is 0 Å². The van der Waals surface area contributed by atoms with Gasteiger partial charge >= 0.3 is 0 Å². The monoisotopic (exact) mass is 689 g/mol. The van der Waals surface area contributed by atoms with Gasteiger partial charge in [0.2, 0.25) is 0 Å². The van der Waals surface area contributed by atoms with Crippen LogP contribution in [0.1, 0.15) is 0 Å². The van der Waals surface area contributed by atoms with E-state index in [-0.39, 0.29) is 0 Å². The Morgan fingerprint density at radius 2 is 0.796 bits per heavy atom. The van der Waals surface area contributed by atoms with Gasteiger partial charge in [0.15, 0.2) is 0 Å². The Bertz CT molecular complexity index is 2890. The van der Waals surface area contributed by atoms with Gasteiger partial charge in [0.25, 0.3) is 0 Å². The smallest absolute Gasteiger partial charge is 0.143 e. The van der Waals surface area contributed by atoms with Gasteiger partial charge in [-0.05, 0) is 80.9 Å². The first-order chi connectivity index (χ1) is 26.8. The minimum Gasteiger partial charge on any atom is -0.455 e. The molecule has 0 aliphatic carbocycles. The highest BCUT2D eigenvalue weighted by Gasteiger charge is 2.22. The van der Waals surface area contributed by atoms with Gasteiger partial charge < -0.3 is 9.32 Å². The number of benzene rings is 9. The Morgan fingerprint density at radius 1 is 0.315 bits per heavy atom. The number of hydrogen-bond acceptors (Lipinski definition) is 2. The number of hydrogen-bond donors (Lipinski definition) is 0. The molecule has 0 N–H and O–H groups in total. The molecule has 2 heteroatoms. The molecule has 0 atom stereocenters. The van der Waals surface area contributed by atoms with Crippen LogP contribution in [0.2, 0.25) is 0 Å². The van der Waals surface area contributed by atoms with E-state index >= 15 is 0 Å². The van der Waals surface area contributed by atoms with Gasteiger partial charge in [-0.15, -0.1) is 0 Å². The molecule has 0 radical (unpaired) electrons. The number of furan rings is 1. The highest BCUT2D eigenvalue weighted by molar-refractivity contribution is 6.22. The van der Waals surface area contributed by atoms with Gasteiger partial charge in [-0.2, -0.15) is 0 Å². The van der Waals surface area contributed by atoms with Crippen molar-refractivity contribution in [3.05, 3.63) is 212 Å². The van der Waals surface area contributed by atoms with Crippen LogP contribution in [0.25, 0.3) is 77.2 Å². The van der Waals surface area contributed by atoms with Crippen molar-refractivity contribution >= 4 is 49.8 Å². The van der Waals surface area contributed by atoms with E-state index in [1.165, 1.54) is 27.8 Å². The molecule has 10 aromatic rings. The molecule has 0 saturated carbocycles. The molecule has 0 aliphatic heterocycles.